The standard InChI is InChI=1S/C9H7ClN4O2S2/c1-14-9(6(4-11)5-12-14)13-18(15,16)8-3-2-7(10)17-8/h2-3,5,13H,1H3. The number of sulfonamides is 1. The number of anilines is 1. The van der Waals surface area contributed by atoms with Crippen molar-refractivity contribution in [1.82, 2.24) is 9.78 Å². The molecule has 9 heteroatoms. The minimum atomic E-state index is -3.75. The Morgan fingerprint density at radius 2 is 2.28 bits per heavy atom. The fourth-order valence-corrected chi connectivity index (χ4v) is 3.85. The lowest BCUT2D eigenvalue weighted by molar-refractivity contribution is 0.602. The van der Waals surface area contributed by atoms with Crippen molar-refractivity contribution >= 4 is 38.8 Å². The van der Waals surface area contributed by atoms with E-state index in [1.807, 2.05) is 6.07 Å². The zero-order valence-corrected chi connectivity index (χ0v) is 11.5. The van der Waals surface area contributed by atoms with Crippen molar-refractivity contribution in [1.29, 1.82) is 5.26 Å². The highest BCUT2D eigenvalue weighted by Crippen LogP contribution is 2.27. The lowest BCUT2D eigenvalue weighted by Gasteiger charge is -2.06. The van der Waals surface area contributed by atoms with E-state index in [-0.39, 0.29) is 15.6 Å². The molecule has 18 heavy (non-hydrogen) atoms. The van der Waals surface area contributed by atoms with Crippen LogP contribution >= 0.6 is 22.9 Å². The maximum Gasteiger partial charge on any atom is 0.272 e. The van der Waals surface area contributed by atoms with E-state index in [0.29, 0.717) is 4.34 Å². The molecule has 0 saturated heterocycles. The SMILES string of the molecule is Cn1ncc(C#N)c1NS(=O)(=O)c1ccc(Cl)s1. The number of hydrogen-bond donors (Lipinski definition) is 1. The number of aromatic nitrogens is 2. The first-order valence-electron chi connectivity index (χ1n) is 4.64. The molecule has 0 saturated carbocycles. The molecule has 2 rings (SSSR count). The van der Waals surface area contributed by atoms with E-state index in [1.54, 1.807) is 7.05 Å². The Hall–Kier alpha value is -1.56. The first-order valence-corrected chi connectivity index (χ1v) is 7.32. The van der Waals surface area contributed by atoms with Gasteiger partial charge in [-0.3, -0.25) is 9.40 Å². The molecule has 0 aliphatic rings. The summed E-state index contributed by atoms with van der Waals surface area (Å²) in [4.78, 5) is 0. The normalized spacial score (nSPS) is 11.2. The molecule has 0 bridgehead atoms. The summed E-state index contributed by atoms with van der Waals surface area (Å²) < 4.78 is 28.1. The highest BCUT2D eigenvalue weighted by atomic mass is 35.5. The van der Waals surface area contributed by atoms with Crippen LogP contribution in [0.5, 0.6) is 0 Å². The van der Waals surface area contributed by atoms with Gasteiger partial charge >= 0.3 is 0 Å². The van der Waals surface area contributed by atoms with E-state index in [0.717, 1.165) is 11.3 Å². The predicted molar refractivity (Wildman–Crippen MR) is 68.1 cm³/mol. The van der Waals surface area contributed by atoms with Crippen LogP contribution in [0.15, 0.2) is 22.5 Å². The fraction of sp³-hybridized carbons (Fsp3) is 0.111. The Morgan fingerprint density at radius 3 is 2.83 bits per heavy atom. The van der Waals surface area contributed by atoms with E-state index in [2.05, 4.69) is 9.82 Å². The molecule has 2 heterocycles. The maximum atomic E-state index is 12.0. The van der Waals surface area contributed by atoms with E-state index in [9.17, 15) is 8.42 Å². The molecule has 0 spiro atoms. The second-order valence-corrected chi connectivity index (χ2v) is 6.93. The lowest BCUT2D eigenvalue weighted by atomic mass is 10.4. The molecule has 0 fully saturated rings. The summed E-state index contributed by atoms with van der Waals surface area (Å²) in [5.74, 6) is 0.127. The van der Waals surface area contributed by atoms with Gasteiger partial charge in [0.1, 0.15) is 15.8 Å². The van der Waals surface area contributed by atoms with Crippen molar-refractivity contribution in [2.75, 3.05) is 4.72 Å². The lowest BCUT2D eigenvalue weighted by Crippen LogP contribution is -2.15. The highest BCUT2D eigenvalue weighted by Gasteiger charge is 2.20. The van der Waals surface area contributed by atoms with Crippen molar-refractivity contribution in [3.8, 4) is 6.07 Å². The number of hydrogen-bond acceptors (Lipinski definition) is 5. The number of thiophene rings is 1. The zero-order valence-electron chi connectivity index (χ0n) is 9.08. The molecule has 2 aromatic heterocycles. The number of aryl methyl sites for hydroxylation is 1. The van der Waals surface area contributed by atoms with E-state index in [4.69, 9.17) is 16.9 Å². The molecular formula is C9H7ClN4O2S2. The topological polar surface area (TPSA) is 87.8 Å². The van der Waals surface area contributed by atoms with E-state index in [1.165, 1.54) is 23.0 Å². The average molecular weight is 303 g/mol. The van der Waals surface area contributed by atoms with Gasteiger partial charge in [-0.1, -0.05) is 11.6 Å². The largest absolute Gasteiger partial charge is 0.272 e. The van der Waals surface area contributed by atoms with Crippen LogP contribution in [-0.2, 0) is 17.1 Å². The van der Waals surface area contributed by atoms with Crippen molar-refractivity contribution in [2.45, 2.75) is 4.21 Å². The smallest absolute Gasteiger partial charge is 0.262 e. The van der Waals surface area contributed by atoms with Crippen molar-refractivity contribution in [3.63, 3.8) is 0 Å². The van der Waals surface area contributed by atoms with Crippen LogP contribution in [0.4, 0.5) is 5.82 Å². The first kappa shape index (κ1) is 12.9. The van der Waals surface area contributed by atoms with Crippen molar-refractivity contribution in [2.24, 2.45) is 7.05 Å². The molecule has 0 atom stereocenters. The Kier molecular flexibility index (Phi) is 3.30. The summed E-state index contributed by atoms with van der Waals surface area (Å²) in [7, 11) is -2.20. The number of rotatable bonds is 3. The van der Waals surface area contributed by atoms with Gasteiger partial charge in [0.25, 0.3) is 10.0 Å². The summed E-state index contributed by atoms with van der Waals surface area (Å²) in [5.41, 5.74) is 0.156. The molecule has 0 aliphatic carbocycles. The summed E-state index contributed by atoms with van der Waals surface area (Å²) in [6.45, 7) is 0. The van der Waals surface area contributed by atoms with Crippen LogP contribution in [0.3, 0.4) is 0 Å². The molecule has 94 valence electrons. The minimum absolute atomic E-state index is 0.0811. The quantitative estimate of drug-likeness (QED) is 0.936. The summed E-state index contributed by atoms with van der Waals surface area (Å²) in [6, 6.07) is 4.76. The second kappa shape index (κ2) is 4.61. The molecule has 0 radical (unpaired) electrons. The third kappa shape index (κ3) is 2.33. The highest BCUT2D eigenvalue weighted by molar-refractivity contribution is 7.94. The van der Waals surface area contributed by atoms with Gasteiger partial charge in [-0.2, -0.15) is 10.4 Å². The Bertz CT molecular complexity index is 726. The molecule has 0 aliphatic heterocycles. The third-order valence-electron chi connectivity index (χ3n) is 2.10. The van der Waals surface area contributed by atoms with Gasteiger partial charge in [0.15, 0.2) is 5.82 Å². The van der Waals surface area contributed by atoms with E-state index >= 15 is 0 Å². The maximum absolute atomic E-state index is 12.0. The molecule has 2 aromatic rings. The number of nitriles is 1. The predicted octanol–water partition coefficient (Wildman–Crippen LogP) is 1.81. The number of nitrogens with zero attached hydrogens (tertiary/aromatic N) is 3. The molecule has 0 unspecified atom stereocenters. The van der Waals surface area contributed by atoms with E-state index < -0.39 is 10.0 Å². The second-order valence-electron chi connectivity index (χ2n) is 3.31. The zero-order chi connectivity index (χ0) is 13.3. The van der Waals surface area contributed by atoms with Gasteiger partial charge < -0.3 is 0 Å². The van der Waals surface area contributed by atoms with Gasteiger partial charge in [0, 0.05) is 7.05 Å². The minimum Gasteiger partial charge on any atom is -0.262 e. The van der Waals surface area contributed by atoms with Gasteiger partial charge in [0.2, 0.25) is 0 Å². The van der Waals surface area contributed by atoms with Crippen molar-refractivity contribution < 1.29 is 8.42 Å². The average Bonchev–Trinajstić information content (AvgIpc) is 2.87. The van der Waals surface area contributed by atoms with Gasteiger partial charge in [0.05, 0.1) is 10.5 Å². The molecular weight excluding hydrogens is 296 g/mol. The molecule has 0 amide bonds. The molecule has 1 N–H and O–H groups in total. The molecule has 6 nitrogen and oxygen atoms in total. The monoisotopic (exact) mass is 302 g/mol. The summed E-state index contributed by atoms with van der Waals surface area (Å²) in [5, 5.41) is 12.7. The van der Waals surface area contributed by atoms with Crippen LogP contribution in [-0.4, -0.2) is 18.2 Å². The molecule has 0 aromatic carbocycles. The van der Waals surface area contributed by atoms with Crippen LogP contribution < -0.4 is 4.72 Å². The summed E-state index contributed by atoms with van der Waals surface area (Å²) in [6.07, 6.45) is 1.29. The van der Waals surface area contributed by atoms with Crippen LogP contribution in [0.25, 0.3) is 0 Å². The van der Waals surface area contributed by atoms with Crippen molar-refractivity contribution in [3.05, 3.63) is 28.2 Å². The Morgan fingerprint density at radius 1 is 1.56 bits per heavy atom. The van der Waals surface area contributed by atoms with Crippen LogP contribution in [0.2, 0.25) is 4.34 Å². The third-order valence-corrected chi connectivity index (χ3v) is 5.17. The fourth-order valence-electron chi connectivity index (χ4n) is 1.26. The van der Waals surface area contributed by atoms with Gasteiger partial charge in [-0.05, 0) is 12.1 Å². The number of halogens is 1. The Balaban J connectivity index is 2.40. The first-order chi connectivity index (χ1) is 8.44. The van der Waals surface area contributed by atoms with Gasteiger partial charge in [-0.25, -0.2) is 8.42 Å². The summed E-state index contributed by atoms with van der Waals surface area (Å²) >= 11 is 6.63. The number of nitrogens with one attached hydrogen (secondary N) is 1. The van der Waals surface area contributed by atoms with Crippen LogP contribution in [0, 0.1) is 11.3 Å². The Labute approximate surface area is 112 Å². The van der Waals surface area contributed by atoms with Gasteiger partial charge in [-0.15, -0.1) is 11.3 Å². The van der Waals surface area contributed by atoms with Crippen LogP contribution in [0.1, 0.15) is 5.56 Å².